The molecule has 4 aromatic rings. The van der Waals surface area contributed by atoms with E-state index in [-0.39, 0.29) is 30.1 Å². The molecule has 5 rings (SSSR count). The summed E-state index contributed by atoms with van der Waals surface area (Å²) in [6.07, 6.45) is 7.22. The Kier molecular flexibility index (Phi) is 14.1. The monoisotopic (exact) mass is 769 g/mol. The highest BCUT2D eigenvalue weighted by Gasteiger charge is 2.49. The van der Waals surface area contributed by atoms with Crippen LogP contribution in [0.3, 0.4) is 0 Å². The number of para-hydroxylation sites is 1. The summed E-state index contributed by atoms with van der Waals surface area (Å²) in [6.45, 7) is 3.68. The predicted molar refractivity (Wildman–Crippen MR) is 210 cm³/mol. The number of unbranched alkanes of at least 4 members (excludes halogenated alkanes) is 1. The second-order valence-corrected chi connectivity index (χ2v) is 14.2. The van der Waals surface area contributed by atoms with Crippen LogP contribution in [0.1, 0.15) is 51.1 Å². The number of ether oxygens (including phenoxy) is 1. The number of carbonyl (C=O) groups is 5. The maximum Gasteiger partial charge on any atom is 0.321 e. The number of urea groups is 1. The molecule has 54 heavy (non-hydrogen) atoms. The molecule has 0 spiro atoms. The number of thioether (sulfide) groups is 2. The van der Waals surface area contributed by atoms with Gasteiger partial charge >= 0.3 is 6.03 Å². The first-order valence-electron chi connectivity index (χ1n) is 17.6. The Morgan fingerprint density at radius 2 is 1.61 bits per heavy atom. The molecule has 4 N–H and O–H groups in total. The summed E-state index contributed by atoms with van der Waals surface area (Å²) in [5.41, 5.74) is 0.564. The molecule has 0 bridgehead atoms. The molecule has 1 unspecified atom stereocenters. The van der Waals surface area contributed by atoms with Crippen LogP contribution in [0.5, 0.6) is 5.75 Å². The standard InChI is InChI=1S/C39H43N7O6S2/c1-4-6-18-39(5-2)35(49)46(27-16-11-8-12-17-27)28-23-31(53-3)29(24-30(28)54-36(39)50)52-25-32(47)44-33(26-14-9-7-10-15-26)34(48)40-21-22-43-38(51)45-37-41-19-13-20-42-37/h7-17,19-20,23-24,33H,4-6,18,21-22,25H2,1-3H3,(H,40,48)(H,44,47)(H2,41,42,43,45,51)/t33-,39?/m1/s1. The highest BCUT2D eigenvalue weighted by Crippen LogP contribution is 2.51. The number of amides is 5. The fraction of sp³-hybridized carbons (Fsp3) is 0.308. The molecule has 15 heteroatoms. The summed E-state index contributed by atoms with van der Waals surface area (Å²) in [5, 5.41) is 10.4. The highest BCUT2D eigenvalue weighted by molar-refractivity contribution is 8.14. The lowest BCUT2D eigenvalue weighted by molar-refractivity contribution is -0.136. The van der Waals surface area contributed by atoms with Gasteiger partial charge in [-0.1, -0.05) is 75.2 Å². The molecule has 0 saturated heterocycles. The zero-order valence-corrected chi connectivity index (χ0v) is 31.9. The largest absolute Gasteiger partial charge is 0.483 e. The van der Waals surface area contributed by atoms with E-state index in [0.29, 0.717) is 45.3 Å². The maximum absolute atomic E-state index is 14.5. The lowest BCUT2D eigenvalue weighted by atomic mass is 9.79. The summed E-state index contributed by atoms with van der Waals surface area (Å²) < 4.78 is 6.08. The van der Waals surface area contributed by atoms with Crippen LogP contribution < -0.4 is 30.9 Å². The Bertz CT molecular complexity index is 1940. The number of carbonyl (C=O) groups excluding carboxylic acids is 5. The van der Waals surface area contributed by atoms with Crippen LogP contribution in [-0.2, 0) is 19.2 Å². The van der Waals surface area contributed by atoms with Crippen LogP contribution in [0.15, 0.2) is 101 Å². The van der Waals surface area contributed by atoms with Crippen molar-refractivity contribution in [1.29, 1.82) is 0 Å². The van der Waals surface area contributed by atoms with E-state index in [2.05, 4.69) is 31.2 Å². The molecule has 0 saturated carbocycles. The van der Waals surface area contributed by atoms with Gasteiger partial charge in [-0.3, -0.25) is 29.4 Å². The maximum atomic E-state index is 14.5. The second-order valence-electron chi connectivity index (χ2n) is 12.3. The second kappa shape index (κ2) is 19.1. The van der Waals surface area contributed by atoms with Crippen molar-refractivity contribution in [2.45, 2.75) is 55.4 Å². The van der Waals surface area contributed by atoms with E-state index in [4.69, 9.17) is 4.74 Å². The van der Waals surface area contributed by atoms with E-state index in [1.54, 1.807) is 47.4 Å². The zero-order valence-electron chi connectivity index (χ0n) is 30.3. The predicted octanol–water partition coefficient (Wildman–Crippen LogP) is 6.26. The zero-order chi connectivity index (χ0) is 38.5. The molecule has 13 nitrogen and oxygen atoms in total. The summed E-state index contributed by atoms with van der Waals surface area (Å²) >= 11 is 2.41. The number of hydrogen-bond acceptors (Lipinski definition) is 10. The summed E-state index contributed by atoms with van der Waals surface area (Å²) in [7, 11) is 0. The molecule has 2 atom stereocenters. The van der Waals surface area contributed by atoms with Crippen molar-refractivity contribution in [1.82, 2.24) is 25.9 Å². The van der Waals surface area contributed by atoms with E-state index < -0.39 is 35.9 Å². The van der Waals surface area contributed by atoms with Crippen molar-refractivity contribution in [2.24, 2.45) is 5.41 Å². The van der Waals surface area contributed by atoms with E-state index in [1.165, 1.54) is 24.2 Å². The Balaban J connectivity index is 1.30. The number of nitrogens with zero attached hydrogens (tertiary/aromatic N) is 3. The first kappa shape index (κ1) is 39.8. The molecule has 5 amide bonds. The van der Waals surface area contributed by atoms with Gasteiger partial charge in [-0.2, -0.15) is 0 Å². The SMILES string of the molecule is CCCCC1(CC)C(=O)Sc2cc(OCC(=O)N[C@@H](C(=O)NCCNC(=O)Nc3ncccn3)c3ccccc3)c(SC)cc2N(c2ccccc2)C1=O. The third kappa shape index (κ3) is 9.57. The summed E-state index contributed by atoms with van der Waals surface area (Å²) in [4.78, 5) is 78.1. The highest BCUT2D eigenvalue weighted by atomic mass is 32.2. The van der Waals surface area contributed by atoms with Crippen LogP contribution in [-0.4, -0.2) is 64.8 Å². The lowest BCUT2D eigenvalue weighted by Gasteiger charge is -2.33. The van der Waals surface area contributed by atoms with Crippen LogP contribution in [0, 0.1) is 5.41 Å². The van der Waals surface area contributed by atoms with E-state index >= 15 is 0 Å². The molecule has 2 heterocycles. The molecule has 282 valence electrons. The van der Waals surface area contributed by atoms with Gasteiger partial charge in [0.05, 0.1) is 10.6 Å². The van der Waals surface area contributed by atoms with Gasteiger partial charge in [0.2, 0.25) is 22.9 Å². The van der Waals surface area contributed by atoms with Crippen LogP contribution in [0.25, 0.3) is 0 Å². The Morgan fingerprint density at radius 1 is 0.926 bits per heavy atom. The van der Waals surface area contributed by atoms with Gasteiger partial charge in [0.1, 0.15) is 17.2 Å². The van der Waals surface area contributed by atoms with Crippen molar-refractivity contribution < 1.29 is 28.7 Å². The minimum Gasteiger partial charge on any atom is -0.483 e. The third-order valence-electron chi connectivity index (χ3n) is 8.83. The van der Waals surface area contributed by atoms with Crippen LogP contribution in [0.4, 0.5) is 22.1 Å². The number of hydrogen-bond donors (Lipinski definition) is 4. The third-order valence-corrected chi connectivity index (χ3v) is 10.7. The smallest absolute Gasteiger partial charge is 0.321 e. The van der Waals surface area contributed by atoms with Crippen molar-refractivity contribution >= 4 is 69.7 Å². The number of nitrogens with one attached hydrogen (secondary N) is 4. The minimum atomic E-state index is -1.21. The van der Waals surface area contributed by atoms with Gasteiger partial charge in [0, 0.05) is 36.1 Å². The molecule has 0 fully saturated rings. The number of fused-ring (bicyclic) bond motifs is 1. The first-order valence-corrected chi connectivity index (χ1v) is 19.7. The molecule has 3 aromatic carbocycles. The number of rotatable bonds is 16. The van der Waals surface area contributed by atoms with Gasteiger partial charge in [0.25, 0.3) is 5.91 Å². The quantitative estimate of drug-likeness (QED) is 0.0580. The van der Waals surface area contributed by atoms with E-state index in [0.717, 1.165) is 24.6 Å². The molecule has 1 aliphatic heterocycles. The Hall–Kier alpha value is -5.41. The number of benzene rings is 3. The van der Waals surface area contributed by atoms with E-state index in [1.807, 2.05) is 56.5 Å². The normalized spacial score (nSPS) is 15.7. The average molecular weight is 770 g/mol. The fourth-order valence-electron chi connectivity index (χ4n) is 5.93. The molecule has 0 aliphatic carbocycles. The molecule has 1 aromatic heterocycles. The van der Waals surface area contributed by atoms with Gasteiger partial charge < -0.3 is 20.7 Å². The van der Waals surface area contributed by atoms with Crippen molar-refractivity contribution in [3.05, 3.63) is 96.8 Å². The molecular formula is C39H43N7O6S2. The van der Waals surface area contributed by atoms with Gasteiger partial charge in [-0.05, 0) is 66.8 Å². The number of aromatic nitrogens is 2. The Morgan fingerprint density at radius 3 is 2.28 bits per heavy atom. The first-order chi connectivity index (χ1) is 26.2. The van der Waals surface area contributed by atoms with Gasteiger partial charge in [-0.25, -0.2) is 14.8 Å². The van der Waals surface area contributed by atoms with Gasteiger partial charge in [0.15, 0.2) is 6.61 Å². The van der Waals surface area contributed by atoms with Crippen molar-refractivity contribution in [3.8, 4) is 5.75 Å². The van der Waals surface area contributed by atoms with E-state index in [9.17, 15) is 24.0 Å². The van der Waals surface area contributed by atoms with Crippen molar-refractivity contribution in [2.75, 3.05) is 36.2 Å². The van der Waals surface area contributed by atoms with Crippen LogP contribution in [0.2, 0.25) is 0 Å². The Labute approximate surface area is 322 Å². The van der Waals surface area contributed by atoms with Crippen LogP contribution >= 0.6 is 23.5 Å². The fourth-order valence-corrected chi connectivity index (χ4v) is 7.62. The van der Waals surface area contributed by atoms with Gasteiger partial charge in [-0.15, -0.1) is 11.8 Å². The average Bonchev–Trinajstić information content (AvgIpc) is 3.28. The number of anilines is 3. The molecular weight excluding hydrogens is 727 g/mol. The summed E-state index contributed by atoms with van der Waals surface area (Å²) in [6, 6.07) is 21.6. The summed E-state index contributed by atoms with van der Waals surface area (Å²) in [5.74, 6) is -0.800. The lowest BCUT2D eigenvalue weighted by Crippen LogP contribution is -2.44. The van der Waals surface area contributed by atoms with Crippen molar-refractivity contribution in [3.63, 3.8) is 0 Å². The topological polar surface area (TPSA) is 172 Å². The molecule has 0 radical (unpaired) electrons. The molecule has 1 aliphatic rings. The minimum absolute atomic E-state index is 0.0838.